The van der Waals surface area contributed by atoms with Crippen molar-refractivity contribution in [3.05, 3.63) is 48.0 Å². The van der Waals surface area contributed by atoms with Crippen molar-refractivity contribution in [2.24, 2.45) is 11.8 Å². The Morgan fingerprint density at radius 2 is 1.96 bits per heavy atom. The van der Waals surface area contributed by atoms with Gasteiger partial charge in [0.15, 0.2) is 0 Å². The van der Waals surface area contributed by atoms with E-state index in [2.05, 4.69) is 29.7 Å². The van der Waals surface area contributed by atoms with Gasteiger partial charge < -0.3 is 10.6 Å². The van der Waals surface area contributed by atoms with Gasteiger partial charge in [-0.05, 0) is 30.7 Å². The second-order valence-corrected chi connectivity index (χ2v) is 6.41. The first-order valence-electron chi connectivity index (χ1n) is 8.95. The number of carbonyl (C=O) groups excluding carboxylic acids is 2. The number of nitrogens with one attached hydrogen (secondary N) is 2. The summed E-state index contributed by atoms with van der Waals surface area (Å²) in [4.78, 5) is 23.8. The largest absolute Gasteiger partial charge is 0.350 e. The zero-order valence-corrected chi connectivity index (χ0v) is 14.5. The SMILES string of the molecule is CCCCC/C=C\[C@@H]1C[C@@H]1C(=O)NCC(=O)NCc1ccccc1. The molecule has 0 bridgehead atoms. The number of allylic oxidation sites excluding steroid dienone is 2. The highest BCUT2D eigenvalue weighted by molar-refractivity contribution is 5.87. The van der Waals surface area contributed by atoms with Gasteiger partial charge in [-0.2, -0.15) is 0 Å². The summed E-state index contributed by atoms with van der Waals surface area (Å²) in [5.74, 6) is 0.251. The molecule has 4 heteroatoms. The zero-order chi connectivity index (χ0) is 17.2. The third kappa shape index (κ3) is 6.57. The molecule has 1 aromatic rings. The second kappa shape index (κ2) is 9.91. The number of carbonyl (C=O) groups is 2. The van der Waals surface area contributed by atoms with Crippen LogP contribution in [0.4, 0.5) is 0 Å². The lowest BCUT2D eigenvalue weighted by atomic mass is 10.2. The summed E-state index contributed by atoms with van der Waals surface area (Å²) in [6.45, 7) is 2.73. The van der Waals surface area contributed by atoms with Crippen molar-refractivity contribution in [3.63, 3.8) is 0 Å². The number of hydrogen-bond acceptors (Lipinski definition) is 2. The lowest BCUT2D eigenvalue weighted by Gasteiger charge is -2.06. The number of hydrogen-bond donors (Lipinski definition) is 2. The fraction of sp³-hybridized carbons (Fsp3) is 0.500. The minimum absolute atomic E-state index is 0.00642. The molecule has 24 heavy (non-hydrogen) atoms. The predicted octanol–water partition coefficient (Wildman–Crippen LogP) is 3.19. The maximum absolute atomic E-state index is 12.0. The van der Waals surface area contributed by atoms with E-state index in [9.17, 15) is 9.59 Å². The summed E-state index contributed by atoms with van der Waals surface area (Å²) in [5, 5.41) is 5.55. The van der Waals surface area contributed by atoms with Gasteiger partial charge in [0, 0.05) is 12.5 Å². The molecule has 0 spiro atoms. The van der Waals surface area contributed by atoms with Crippen molar-refractivity contribution in [3.8, 4) is 0 Å². The molecule has 1 aliphatic rings. The maximum atomic E-state index is 12.0. The summed E-state index contributed by atoms with van der Waals surface area (Å²) >= 11 is 0. The van der Waals surface area contributed by atoms with E-state index in [1.807, 2.05) is 30.3 Å². The molecule has 4 nitrogen and oxygen atoms in total. The molecular formula is C20H28N2O2. The van der Waals surface area contributed by atoms with Gasteiger partial charge in [0.25, 0.3) is 0 Å². The Bertz CT molecular complexity index is 554. The summed E-state index contributed by atoms with van der Waals surface area (Å²) in [6.07, 6.45) is 10.1. The molecule has 1 aromatic carbocycles. The fourth-order valence-corrected chi connectivity index (χ4v) is 2.67. The van der Waals surface area contributed by atoms with Gasteiger partial charge in [-0.1, -0.05) is 62.2 Å². The van der Waals surface area contributed by atoms with Gasteiger partial charge in [-0.15, -0.1) is 0 Å². The van der Waals surface area contributed by atoms with E-state index in [1.54, 1.807) is 0 Å². The van der Waals surface area contributed by atoms with Crippen LogP contribution in [0.5, 0.6) is 0 Å². The van der Waals surface area contributed by atoms with Crippen LogP contribution in [0.15, 0.2) is 42.5 Å². The van der Waals surface area contributed by atoms with Crippen molar-refractivity contribution in [2.75, 3.05) is 6.54 Å². The van der Waals surface area contributed by atoms with E-state index in [1.165, 1.54) is 19.3 Å². The molecule has 0 radical (unpaired) electrons. The molecule has 0 aliphatic heterocycles. The molecule has 1 aliphatic carbocycles. The first-order valence-corrected chi connectivity index (χ1v) is 8.95. The van der Waals surface area contributed by atoms with E-state index in [-0.39, 0.29) is 24.3 Å². The number of unbranched alkanes of at least 4 members (excludes halogenated alkanes) is 3. The molecule has 0 unspecified atom stereocenters. The Morgan fingerprint density at radius 1 is 1.17 bits per heavy atom. The summed E-state index contributed by atoms with van der Waals surface area (Å²) in [5.41, 5.74) is 1.05. The van der Waals surface area contributed by atoms with Crippen molar-refractivity contribution in [1.29, 1.82) is 0 Å². The Labute approximate surface area is 144 Å². The molecule has 2 N–H and O–H groups in total. The molecular weight excluding hydrogens is 300 g/mol. The van der Waals surface area contributed by atoms with Gasteiger partial charge in [0.2, 0.25) is 11.8 Å². The molecule has 1 saturated carbocycles. The van der Waals surface area contributed by atoms with Crippen LogP contribution in [0.1, 0.15) is 44.6 Å². The molecule has 0 saturated heterocycles. The standard InChI is InChI=1S/C20H28N2O2/c1-2-3-4-5-9-12-17-13-18(17)20(24)22-15-19(23)21-14-16-10-7-6-8-11-16/h6-12,17-18H,2-5,13-15H2,1H3,(H,21,23)(H,22,24)/b12-9-/t17-,18+/m1/s1. The topological polar surface area (TPSA) is 58.2 Å². The van der Waals surface area contributed by atoms with Gasteiger partial charge in [0.1, 0.15) is 0 Å². The Kier molecular flexibility index (Phi) is 7.53. The first-order chi connectivity index (χ1) is 11.7. The lowest BCUT2D eigenvalue weighted by molar-refractivity contribution is -0.127. The summed E-state index contributed by atoms with van der Waals surface area (Å²) < 4.78 is 0. The van der Waals surface area contributed by atoms with Crippen LogP contribution >= 0.6 is 0 Å². The quantitative estimate of drug-likeness (QED) is 0.512. The first kappa shape index (κ1) is 18.2. The predicted molar refractivity (Wildman–Crippen MR) is 96.2 cm³/mol. The average molecular weight is 328 g/mol. The summed E-state index contributed by atoms with van der Waals surface area (Å²) in [7, 11) is 0. The van der Waals surface area contributed by atoms with Crippen LogP contribution in [0.2, 0.25) is 0 Å². The normalized spacial score (nSPS) is 19.2. The van der Waals surface area contributed by atoms with Crippen LogP contribution < -0.4 is 10.6 Å². The zero-order valence-electron chi connectivity index (χ0n) is 14.5. The van der Waals surface area contributed by atoms with E-state index in [0.29, 0.717) is 12.5 Å². The number of amides is 2. The molecule has 0 heterocycles. The smallest absolute Gasteiger partial charge is 0.239 e. The maximum Gasteiger partial charge on any atom is 0.239 e. The Balaban J connectivity index is 1.57. The van der Waals surface area contributed by atoms with Gasteiger partial charge in [-0.25, -0.2) is 0 Å². The van der Waals surface area contributed by atoms with E-state index in [4.69, 9.17) is 0 Å². The number of rotatable bonds is 10. The minimum Gasteiger partial charge on any atom is -0.350 e. The number of benzene rings is 1. The van der Waals surface area contributed by atoms with Crippen molar-refractivity contribution in [2.45, 2.75) is 45.6 Å². The molecule has 2 atom stereocenters. The van der Waals surface area contributed by atoms with E-state index >= 15 is 0 Å². The third-order valence-electron chi connectivity index (χ3n) is 4.29. The van der Waals surface area contributed by atoms with E-state index in [0.717, 1.165) is 18.4 Å². The van der Waals surface area contributed by atoms with Crippen molar-refractivity contribution >= 4 is 11.8 Å². The highest BCUT2D eigenvalue weighted by atomic mass is 16.2. The second-order valence-electron chi connectivity index (χ2n) is 6.41. The van der Waals surface area contributed by atoms with Crippen molar-refractivity contribution in [1.82, 2.24) is 10.6 Å². The Morgan fingerprint density at radius 3 is 2.71 bits per heavy atom. The third-order valence-corrected chi connectivity index (χ3v) is 4.29. The summed E-state index contributed by atoms with van der Waals surface area (Å²) in [6, 6.07) is 9.73. The molecule has 130 valence electrons. The van der Waals surface area contributed by atoms with Crippen LogP contribution in [-0.4, -0.2) is 18.4 Å². The molecule has 1 fully saturated rings. The van der Waals surface area contributed by atoms with Crippen LogP contribution in [0.25, 0.3) is 0 Å². The Hall–Kier alpha value is -2.10. The molecule has 2 amide bonds. The van der Waals surface area contributed by atoms with Crippen LogP contribution in [0, 0.1) is 11.8 Å². The van der Waals surface area contributed by atoms with Crippen LogP contribution in [-0.2, 0) is 16.1 Å². The molecule has 0 aromatic heterocycles. The van der Waals surface area contributed by atoms with Crippen LogP contribution in [0.3, 0.4) is 0 Å². The highest BCUT2D eigenvalue weighted by Crippen LogP contribution is 2.39. The van der Waals surface area contributed by atoms with Gasteiger partial charge >= 0.3 is 0 Å². The monoisotopic (exact) mass is 328 g/mol. The van der Waals surface area contributed by atoms with E-state index < -0.39 is 0 Å². The van der Waals surface area contributed by atoms with Crippen molar-refractivity contribution < 1.29 is 9.59 Å². The van der Waals surface area contributed by atoms with Gasteiger partial charge in [0.05, 0.1) is 6.54 Å². The fourth-order valence-electron chi connectivity index (χ4n) is 2.67. The highest BCUT2D eigenvalue weighted by Gasteiger charge is 2.40. The van der Waals surface area contributed by atoms with Gasteiger partial charge in [-0.3, -0.25) is 9.59 Å². The minimum atomic E-state index is -0.153. The average Bonchev–Trinajstić information content (AvgIpc) is 3.38. The lowest BCUT2D eigenvalue weighted by Crippen LogP contribution is -2.37. The molecule has 2 rings (SSSR count).